The van der Waals surface area contributed by atoms with Crippen molar-refractivity contribution in [3.63, 3.8) is 0 Å². The summed E-state index contributed by atoms with van der Waals surface area (Å²) < 4.78 is 5.69. The van der Waals surface area contributed by atoms with E-state index in [1.54, 1.807) is 0 Å². The lowest BCUT2D eigenvalue weighted by molar-refractivity contribution is 0.262. The molecule has 2 aromatic rings. The van der Waals surface area contributed by atoms with Gasteiger partial charge in [0.15, 0.2) is 5.96 Å². The zero-order valence-corrected chi connectivity index (χ0v) is 15.1. The van der Waals surface area contributed by atoms with Crippen molar-refractivity contribution in [3.05, 3.63) is 45.4 Å². The number of thiazole rings is 1. The summed E-state index contributed by atoms with van der Waals surface area (Å²) in [5.41, 5.74) is 8.58. The molecule has 0 bridgehead atoms. The summed E-state index contributed by atoms with van der Waals surface area (Å²) in [7, 11) is 0. The number of ether oxygens (including phenoxy) is 1. The minimum atomic E-state index is 0.167. The molecule has 0 spiro atoms. The normalized spacial score (nSPS) is 19.7. The fraction of sp³-hybridized carbons (Fsp3) is 0.474. The Hall–Kier alpha value is -2.08. The van der Waals surface area contributed by atoms with Crippen LogP contribution in [0.4, 0.5) is 0 Å². The maximum absolute atomic E-state index is 6.10. The van der Waals surface area contributed by atoms with Gasteiger partial charge in [-0.1, -0.05) is 18.2 Å². The van der Waals surface area contributed by atoms with Crippen molar-refractivity contribution in [2.24, 2.45) is 10.7 Å². The molecule has 0 radical (unpaired) electrons. The van der Waals surface area contributed by atoms with Gasteiger partial charge in [0.2, 0.25) is 0 Å². The van der Waals surface area contributed by atoms with Crippen LogP contribution in [0.15, 0.2) is 29.3 Å². The fourth-order valence-electron chi connectivity index (χ4n) is 3.50. The van der Waals surface area contributed by atoms with Crippen LogP contribution in [0.5, 0.6) is 5.75 Å². The number of nitrogens with one attached hydrogen (secondary N) is 1. The third-order valence-electron chi connectivity index (χ3n) is 4.78. The summed E-state index contributed by atoms with van der Waals surface area (Å²) >= 11 is 1.86. The van der Waals surface area contributed by atoms with Crippen molar-refractivity contribution in [2.45, 2.75) is 44.6 Å². The van der Waals surface area contributed by atoms with Crippen LogP contribution >= 0.6 is 11.3 Å². The minimum absolute atomic E-state index is 0.167. The molecule has 0 saturated carbocycles. The van der Waals surface area contributed by atoms with Crippen LogP contribution in [0.25, 0.3) is 0 Å². The standard InChI is InChI=1S/C19H24N4OS/c20-19(23-14-10-12-24-16-7-3-1-5-13(14)16)21-11-9-18-22-15-6-2-4-8-17(15)25-18/h1,3,5,7,14H,2,4,6,8-12H2,(H3,20,21,23). The Morgan fingerprint density at radius 3 is 3.12 bits per heavy atom. The van der Waals surface area contributed by atoms with E-state index < -0.39 is 0 Å². The van der Waals surface area contributed by atoms with Crippen LogP contribution in [0.3, 0.4) is 0 Å². The van der Waals surface area contributed by atoms with Crippen LogP contribution in [0.1, 0.15) is 46.4 Å². The summed E-state index contributed by atoms with van der Waals surface area (Å²) in [5.74, 6) is 1.44. The van der Waals surface area contributed by atoms with E-state index in [2.05, 4.69) is 16.4 Å². The Kier molecular flexibility index (Phi) is 4.88. The Balaban J connectivity index is 1.34. The molecule has 132 valence electrons. The molecule has 25 heavy (non-hydrogen) atoms. The lowest BCUT2D eigenvalue weighted by Gasteiger charge is -2.26. The molecule has 4 rings (SSSR count). The largest absolute Gasteiger partial charge is 0.493 e. The molecule has 1 aliphatic heterocycles. The predicted molar refractivity (Wildman–Crippen MR) is 101 cm³/mol. The van der Waals surface area contributed by atoms with Crippen LogP contribution in [0, 0.1) is 0 Å². The van der Waals surface area contributed by atoms with Gasteiger partial charge in [-0.25, -0.2) is 4.98 Å². The van der Waals surface area contributed by atoms with Crippen LogP contribution in [-0.4, -0.2) is 24.1 Å². The van der Waals surface area contributed by atoms with E-state index in [4.69, 9.17) is 15.5 Å². The third-order valence-corrected chi connectivity index (χ3v) is 6.00. The Labute approximate surface area is 152 Å². The number of aryl methyl sites for hydroxylation is 2. The maximum atomic E-state index is 6.10. The number of para-hydroxylation sites is 1. The van der Waals surface area contributed by atoms with Crippen LogP contribution in [0.2, 0.25) is 0 Å². The summed E-state index contributed by atoms with van der Waals surface area (Å²) in [4.78, 5) is 10.7. The third kappa shape index (κ3) is 3.79. The smallest absolute Gasteiger partial charge is 0.189 e. The highest BCUT2D eigenvalue weighted by molar-refractivity contribution is 7.11. The second-order valence-corrected chi connectivity index (χ2v) is 7.74. The summed E-state index contributed by atoms with van der Waals surface area (Å²) in [6, 6.07) is 8.27. The number of nitrogens with two attached hydrogens (primary N) is 1. The SMILES string of the molecule is NC(=NCCc1nc2c(s1)CCCC2)NC1CCOc2ccccc21. The molecule has 1 atom stereocenters. The number of benzene rings is 1. The molecule has 5 nitrogen and oxygen atoms in total. The summed E-state index contributed by atoms with van der Waals surface area (Å²) in [6.07, 6.45) is 6.68. The second-order valence-electron chi connectivity index (χ2n) is 6.57. The summed E-state index contributed by atoms with van der Waals surface area (Å²) in [6.45, 7) is 1.38. The molecule has 2 aliphatic rings. The van der Waals surface area contributed by atoms with Gasteiger partial charge >= 0.3 is 0 Å². The lowest BCUT2D eigenvalue weighted by atomic mass is 10.0. The fourth-order valence-corrected chi connectivity index (χ4v) is 4.65. The van der Waals surface area contributed by atoms with E-state index in [0.717, 1.165) is 30.6 Å². The zero-order valence-electron chi connectivity index (χ0n) is 14.3. The van der Waals surface area contributed by atoms with Gasteiger partial charge in [0, 0.05) is 29.8 Å². The molecule has 2 heterocycles. The van der Waals surface area contributed by atoms with Gasteiger partial charge in [0.1, 0.15) is 5.75 Å². The average molecular weight is 356 g/mol. The molecular formula is C19H24N4OS. The number of fused-ring (bicyclic) bond motifs is 2. The first kappa shape index (κ1) is 16.4. The first-order valence-corrected chi connectivity index (χ1v) is 9.87. The quantitative estimate of drug-likeness (QED) is 0.652. The number of hydrogen-bond donors (Lipinski definition) is 2. The molecule has 6 heteroatoms. The van der Waals surface area contributed by atoms with Gasteiger partial charge < -0.3 is 15.8 Å². The highest BCUT2D eigenvalue weighted by atomic mass is 32.1. The molecule has 0 amide bonds. The number of hydrogen-bond acceptors (Lipinski definition) is 4. The molecule has 0 saturated heterocycles. The number of rotatable bonds is 4. The Morgan fingerprint density at radius 1 is 1.32 bits per heavy atom. The number of nitrogens with zero attached hydrogens (tertiary/aromatic N) is 2. The van der Waals surface area contributed by atoms with Crippen molar-refractivity contribution in [2.75, 3.05) is 13.2 Å². The van der Waals surface area contributed by atoms with Crippen molar-refractivity contribution in [1.29, 1.82) is 0 Å². The molecule has 1 aromatic carbocycles. The molecule has 0 fully saturated rings. The first-order chi connectivity index (χ1) is 12.3. The van der Waals surface area contributed by atoms with E-state index in [9.17, 15) is 0 Å². The Bertz CT molecular complexity index is 747. The van der Waals surface area contributed by atoms with Crippen LogP contribution < -0.4 is 15.8 Å². The molecule has 1 aliphatic carbocycles. The number of aromatic nitrogens is 1. The van der Waals surface area contributed by atoms with Gasteiger partial charge in [-0.2, -0.15) is 0 Å². The van der Waals surface area contributed by atoms with Crippen molar-refractivity contribution < 1.29 is 4.74 Å². The van der Waals surface area contributed by atoms with E-state index in [-0.39, 0.29) is 6.04 Å². The monoisotopic (exact) mass is 356 g/mol. The number of aliphatic imine (C=N–C) groups is 1. The molecular weight excluding hydrogens is 332 g/mol. The van der Waals surface area contributed by atoms with Gasteiger partial charge in [-0.05, 0) is 31.7 Å². The Morgan fingerprint density at radius 2 is 2.20 bits per heavy atom. The summed E-state index contributed by atoms with van der Waals surface area (Å²) in [5, 5.41) is 4.54. The van der Waals surface area contributed by atoms with Gasteiger partial charge in [-0.3, -0.25) is 4.99 Å². The maximum Gasteiger partial charge on any atom is 0.189 e. The van der Waals surface area contributed by atoms with E-state index in [1.807, 2.05) is 29.5 Å². The number of guanidine groups is 1. The highest BCUT2D eigenvalue weighted by Gasteiger charge is 2.21. The van der Waals surface area contributed by atoms with Crippen LogP contribution in [-0.2, 0) is 19.3 Å². The van der Waals surface area contributed by atoms with Gasteiger partial charge in [-0.15, -0.1) is 11.3 Å². The molecule has 1 unspecified atom stereocenters. The van der Waals surface area contributed by atoms with Crippen molar-refractivity contribution in [3.8, 4) is 5.75 Å². The van der Waals surface area contributed by atoms with E-state index in [0.29, 0.717) is 19.1 Å². The molecule has 1 aromatic heterocycles. The molecule has 3 N–H and O–H groups in total. The van der Waals surface area contributed by atoms with E-state index in [1.165, 1.54) is 34.8 Å². The van der Waals surface area contributed by atoms with Gasteiger partial charge in [0.25, 0.3) is 0 Å². The van der Waals surface area contributed by atoms with Gasteiger partial charge in [0.05, 0.1) is 23.4 Å². The highest BCUT2D eigenvalue weighted by Crippen LogP contribution is 2.31. The second kappa shape index (κ2) is 7.44. The topological polar surface area (TPSA) is 72.5 Å². The predicted octanol–water partition coefficient (Wildman–Crippen LogP) is 2.99. The van der Waals surface area contributed by atoms with E-state index >= 15 is 0 Å². The minimum Gasteiger partial charge on any atom is -0.493 e. The van der Waals surface area contributed by atoms with Crippen molar-refractivity contribution >= 4 is 17.3 Å². The first-order valence-electron chi connectivity index (χ1n) is 9.05. The van der Waals surface area contributed by atoms with Crippen molar-refractivity contribution in [1.82, 2.24) is 10.3 Å². The zero-order chi connectivity index (χ0) is 17.1. The average Bonchev–Trinajstić information content (AvgIpc) is 3.05. The lowest BCUT2D eigenvalue weighted by Crippen LogP contribution is -2.37.